The van der Waals surface area contributed by atoms with Crippen molar-refractivity contribution >= 4 is 40.5 Å². The van der Waals surface area contributed by atoms with Gasteiger partial charge in [-0.05, 0) is 84.7 Å². The summed E-state index contributed by atoms with van der Waals surface area (Å²) in [5, 5.41) is 17.7. The fourth-order valence-electron chi connectivity index (χ4n) is 10.4. The van der Waals surface area contributed by atoms with E-state index in [0.29, 0.717) is 44.6 Å². The molecule has 5 heterocycles. The predicted molar refractivity (Wildman–Crippen MR) is 239 cm³/mol. The summed E-state index contributed by atoms with van der Waals surface area (Å²) >= 11 is 0. The molecule has 2 unspecified atom stereocenters. The van der Waals surface area contributed by atoms with Gasteiger partial charge in [-0.2, -0.15) is 0 Å². The molecule has 2 aromatic carbocycles. The molecule has 4 aromatic rings. The van der Waals surface area contributed by atoms with Crippen molar-refractivity contribution in [1.29, 1.82) is 0 Å². The first-order valence-corrected chi connectivity index (χ1v) is 22.2. The largest absolute Gasteiger partial charge is 0.464 e. The van der Waals surface area contributed by atoms with E-state index in [4.69, 9.17) is 9.72 Å². The van der Waals surface area contributed by atoms with Gasteiger partial charge in [0.25, 0.3) is 5.91 Å². The maximum Gasteiger partial charge on any atom is 0.324 e. The first-order valence-electron chi connectivity index (χ1n) is 22.2. The van der Waals surface area contributed by atoms with Crippen LogP contribution in [0.5, 0.6) is 0 Å². The second-order valence-corrected chi connectivity index (χ2v) is 18.6. The Hall–Kier alpha value is -5.86. The van der Waals surface area contributed by atoms with Crippen LogP contribution >= 0.6 is 0 Å². The minimum Gasteiger partial charge on any atom is -0.464 e. The molecule has 63 heavy (non-hydrogen) atoms. The molecule has 0 spiro atoms. The van der Waals surface area contributed by atoms with E-state index in [2.05, 4.69) is 47.0 Å². The smallest absolute Gasteiger partial charge is 0.324 e. The number of carbonyl (C=O) groups is 5. The standard InChI is InChI=1S/C49H59N7O7/c1-8-38(57)54-22-19-32(26-54)46(60)53(7)42(28(3)4)45(59)51-36-24-29-13-10-14-30(23-29)31-17-18-37-34(25-31)39-40(44(58)41-33(15-11-20-50-41)43(39)55(37)9-2)49(5,6)27-63-48(62)35-16-12-21-56(52-35)47(36)61/h8,10-11,13-15,17-18,20,23,25,28,32,35-36,40,42,44,52,58H,1,9,12,16,19,21-22,24,26-27H2,2-7H3,(H,51,59)/t32-,35-,36-,40?,42?,44+/m0/s1. The van der Waals surface area contributed by atoms with Crippen LogP contribution in [0.25, 0.3) is 33.3 Å². The van der Waals surface area contributed by atoms with Crippen LogP contribution in [-0.4, -0.2) is 110 Å². The summed E-state index contributed by atoms with van der Waals surface area (Å²) in [6.07, 6.45) is 3.52. The number of aromatic nitrogens is 2. The third kappa shape index (κ3) is 8.03. The Morgan fingerprint density at radius 3 is 2.60 bits per heavy atom. The normalized spacial score (nSPS) is 23.7. The highest BCUT2D eigenvalue weighted by molar-refractivity contribution is 5.97. The molecule has 3 aliphatic heterocycles. The monoisotopic (exact) mass is 857 g/mol. The Morgan fingerprint density at radius 1 is 1.08 bits per heavy atom. The topological polar surface area (TPSA) is 166 Å². The number of rotatable bonds is 7. The summed E-state index contributed by atoms with van der Waals surface area (Å²) < 4.78 is 8.40. The van der Waals surface area contributed by atoms with E-state index in [1.54, 1.807) is 18.1 Å². The van der Waals surface area contributed by atoms with Crippen molar-refractivity contribution in [2.45, 2.75) is 97.0 Å². The summed E-state index contributed by atoms with van der Waals surface area (Å²) in [5.74, 6) is -3.17. The Balaban J connectivity index is 1.18. The number of likely N-dealkylation sites (N-methyl/N-ethyl adjacent to an activating group) is 1. The van der Waals surface area contributed by atoms with Gasteiger partial charge in [0.2, 0.25) is 17.7 Å². The number of amides is 4. The highest BCUT2D eigenvalue weighted by atomic mass is 16.5. The van der Waals surface area contributed by atoms with E-state index in [9.17, 15) is 29.1 Å². The molecule has 6 bridgehead atoms. The third-order valence-electron chi connectivity index (χ3n) is 13.6. The predicted octanol–water partition coefficient (Wildman–Crippen LogP) is 5.14. The number of aliphatic hydroxyl groups is 1. The molecule has 2 fully saturated rings. The lowest BCUT2D eigenvalue weighted by molar-refractivity contribution is -0.156. The summed E-state index contributed by atoms with van der Waals surface area (Å²) in [5.41, 5.74) is 9.46. The van der Waals surface area contributed by atoms with Gasteiger partial charge in [0.1, 0.15) is 24.2 Å². The molecule has 0 radical (unpaired) electrons. The van der Waals surface area contributed by atoms with E-state index < -0.39 is 59.3 Å². The maximum atomic E-state index is 14.7. The molecule has 2 aromatic heterocycles. The number of hydrogen-bond acceptors (Lipinski definition) is 9. The van der Waals surface area contributed by atoms with E-state index in [1.165, 1.54) is 16.0 Å². The minimum absolute atomic E-state index is 0.00715. The highest BCUT2D eigenvalue weighted by Gasteiger charge is 2.47. The van der Waals surface area contributed by atoms with Gasteiger partial charge in [0.05, 0.1) is 23.9 Å². The maximum absolute atomic E-state index is 14.7. The van der Waals surface area contributed by atoms with Crippen molar-refractivity contribution in [3.63, 3.8) is 0 Å². The Kier molecular flexibility index (Phi) is 12.1. The number of cyclic esters (lactones) is 1. The SMILES string of the molecule is C=CC(=O)N1CC[C@H](C(=O)N(C)C(C(=O)N[C@H]2Cc3cccc(c3)-c3ccc4c(c3)c3c(n4CC)-c4cccnc4[C@H](O)C3C(C)(C)COC(=O)[C@@H]3CCCN(N3)C2=O)C(C)C)C1. The number of esters is 1. The molecular formula is C49H59N7O7. The van der Waals surface area contributed by atoms with Crippen LogP contribution < -0.4 is 10.7 Å². The number of aliphatic hydroxyl groups excluding tert-OH is 1. The lowest BCUT2D eigenvalue weighted by Crippen LogP contribution is -2.62. The second-order valence-electron chi connectivity index (χ2n) is 18.6. The summed E-state index contributed by atoms with van der Waals surface area (Å²) in [7, 11) is 1.60. The molecule has 6 atom stereocenters. The first-order chi connectivity index (χ1) is 30.1. The zero-order valence-electron chi connectivity index (χ0n) is 37.1. The molecule has 0 saturated carbocycles. The van der Waals surface area contributed by atoms with Gasteiger partial charge in [0.15, 0.2) is 0 Å². The molecule has 1 aliphatic carbocycles. The van der Waals surface area contributed by atoms with Crippen LogP contribution in [0.4, 0.5) is 0 Å². The fourth-order valence-corrected chi connectivity index (χ4v) is 10.4. The summed E-state index contributed by atoms with van der Waals surface area (Å²) in [4.78, 5) is 77.0. The summed E-state index contributed by atoms with van der Waals surface area (Å²) in [6.45, 7) is 15.0. The van der Waals surface area contributed by atoms with Gasteiger partial charge in [-0.15, -0.1) is 0 Å². The minimum atomic E-state index is -1.06. The summed E-state index contributed by atoms with van der Waals surface area (Å²) in [6, 6.07) is 15.4. The Labute approximate surface area is 368 Å². The number of pyridine rings is 1. The average molecular weight is 858 g/mol. The number of carbonyl (C=O) groups excluding carboxylic acids is 5. The zero-order valence-corrected chi connectivity index (χ0v) is 37.1. The molecule has 14 nitrogen and oxygen atoms in total. The van der Waals surface area contributed by atoms with Gasteiger partial charge in [-0.1, -0.05) is 64.6 Å². The highest BCUT2D eigenvalue weighted by Crippen LogP contribution is 2.56. The molecule has 8 rings (SSSR count). The number of nitrogens with one attached hydrogen (secondary N) is 2. The number of benzene rings is 2. The molecule has 14 heteroatoms. The number of hydrazine groups is 1. The number of ether oxygens (including phenoxy) is 1. The van der Waals surface area contributed by atoms with Crippen molar-refractivity contribution in [2.24, 2.45) is 17.3 Å². The number of likely N-dealkylation sites (tertiary alicyclic amines) is 1. The zero-order chi connectivity index (χ0) is 44.9. The van der Waals surface area contributed by atoms with Crippen LogP contribution in [0.1, 0.15) is 82.7 Å². The van der Waals surface area contributed by atoms with Gasteiger partial charge >= 0.3 is 5.97 Å². The molecule has 332 valence electrons. The van der Waals surface area contributed by atoms with Gasteiger partial charge in [-0.25, -0.2) is 5.43 Å². The van der Waals surface area contributed by atoms with E-state index in [0.717, 1.165) is 44.4 Å². The lowest BCUT2D eigenvalue weighted by atomic mass is 9.67. The van der Waals surface area contributed by atoms with Crippen LogP contribution in [-0.2, 0) is 41.7 Å². The second kappa shape index (κ2) is 17.4. The molecular weight excluding hydrogens is 799 g/mol. The van der Waals surface area contributed by atoms with Crippen LogP contribution in [0.2, 0.25) is 0 Å². The fraction of sp³-hybridized carbons (Fsp3) is 0.469. The third-order valence-corrected chi connectivity index (χ3v) is 13.6. The van der Waals surface area contributed by atoms with Crippen molar-refractivity contribution in [3.8, 4) is 22.4 Å². The van der Waals surface area contributed by atoms with Crippen LogP contribution in [0, 0.1) is 17.3 Å². The Bertz CT molecular complexity index is 2480. The first kappa shape index (κ1) is 43.8. The lowest BCUT2D eigenvalue weighted by Gasteiger charge is -2.41. The van der Waals surface area contributed by atoms with Gasteiger partial charge in [-0.3, -0.25) is 34.0 Å². The van der Waals surface area contributed by atoms with Gasteiger partial charge in [0, 0.05) is 73.6 Å². The molecule has 4 aliphatic rings. The van der Waals surface area contributed by atoms with Crippen LogP contribution in [0.15, 0.2) is 73.4 Å². The Morgan fingerprint density at radius 2 is 1.86 bits per heavy atom. The van der Waals surface area contributed by atoms with Crippen molar-refractivity contribution in [1.82, 2.24) is 35.1 Å². The van der Waals surface area contributed by atoms with Crippen molar-refractivity contribution in [2.75, 3.05) is 33.3 Å². The van der Waals surface area contributed by atoms with Crippen molar-refractivity contribution < 1.29 is 33.8 Å². The molecule has 3 N–H and O–H groups in total. The van der Waals surface area contributed by atoms with Crippen molar-refractivity contribution in [3.05, 3.63) is 90.3 Å². The van der Waals surface area contributed by atoms with Gasteiger partial charge < -0.3 is 29.5 Å². The number of nitrogens with zero attached hydrogens (tertiary/aromatic N) is 5. The van der Waals surface area contributed by atoms with E-state index in [-0.39, 0.29) is 37.3 Å². The number of fused-ring (bicyclic) bond motifs is 8. The quantitative estimate of drug-likeness (QED) is 0.169. The average Bonchev–Trinajstić information content (AvgIpc) is 3.90. The van der Waals surface area contributed by atoms with Crippen LogP contribution in [0.3, 0.4) is 0 Å². The molecule has 2 saturated heterocycles. The van der Waals surface area contributed by atoms with E-state index in [1.807, 2.05) is 64.1 Å². The van der Waals surface area contributed by atoms with E-state index >= 15 is 0 Å². The number of hydrogen-bond donors (Lipinski definition) is 3. The number of aryl methyl sites for hydroxylation is 1. The molecule has 4 amide bonds.